The molecule has 1 saturated heterocycles. The molecule has 0 aromatic heterocycles. The average molecular weight is 381 g/mol. The topological polar surface area (TPSA) is 61.4 Å². The molecule has 2 rings (SSSR count). The Morgan fingerprint density at radius 3 is 2.27 bits per heavy atom. The van der Waals surface area contributed by atoms with Crippen LogP contribution in [0.4, 0.5) is 14.5 Å². The predicted octanol–water partition coefficient (Wildman–Crippen LogP) is 2.52. The molecule has 1 aromatic carbocycles. The first-order chi connectivity index (χ1) is 12.3. The molecule has 0 aliphatic carbocycles. The Morgan fingerprint density at radius 2 is 1.77 bits per heavy atom. The van der Waals surface area contributed by atoms with Gasteiger partial charge in [-0.25, -0.2) is 8.78 Å². The molecule has 8 heteroatoms. The maximum absolute atomic E-state index is 13.8. The Balaban J connectivity index is 2.11. The lowest BCUT2D eigenvalue weighted by molar-refractivity contribution is -0.123. The van der Waals surface area contributed by atoms with Crippen molar-refractivity contribution in [1.82, 2.24) is 10.6 Å². The minimum Gasteiger partial charge on any atom is -0.372 e. The average Bonchev–Trinajstić information content (AvgIpc) is 2.59. The summed E-state index contributed by atoms with van der Waals surface area (Å²) in [7, 11) is 0. The maximum atomic E-state index is 13.8. The number of thiocarbonyl (C=S) groups is 1. The van der Waals surface area contributed by atoms with Gasteiger partial charge in [0.05, 0.1) is 0 Å². The lowest BCUT2D eigenvalue weighted by atomic mass is 10.1. The molecule has 0 saturated carbocycles. The molecular formula is C18H21F2N3O2S. The molecule has 1 fully saturated rings. The largest absolute Gasteiger partial charge is 0.372 e. The molecule has 1 atom stereocenters. The van der Waals surface area contributed by atoms with Crippen molar-refractivity contribution in [2.24, 2.45) is 0 Å². The van der Waals surface area contributed by atoms with Crippen molar-refractivity contribution < 1.29 is 18.4 Å². The molecule has 5 nitrogen and oxygen atoms in total. The van der Waals surface area contributed by atoms with Crippen LogP contribution in [0.15, 0.2) is 29.8 Å². The second-order valence-electron chi connectivity index (χ2n) is 6.26. The molecule has 0 radical (unpaired) electrons. The zero-order chi connectivity index (χ0) is 19.3. The number of nitrogens with one attached hydrogen (secondary N) is 2. The van der Waals surface area contributed by atoms with Gasteiger partial charge >= 0.3 is 0 Å². The third-order valence-electron chi connectivity index (χ3n) is 4.08. The molecule has 0 spiro atoms. The number of nitrogens with zero attached hydrogens (tertiary/aromatic N) is 1. The fourth-order valence-electron chi connectivity index (χ4n) is 2.46. The van der Waals surface area contributed by atoms with Crippen molar-refractivity contribution in [1.29, 1.82) is 0 Å². The molecule has 1 aliphatic heterocycles. The molecule has 2 N–H and O–H groups in total. The summed E-state index contributed by atoms with van der Waals surface area (Å²) in [4.78, 5) is 25.6. The first kappa shape index (κ1) is 20.0. The van der Waals surface area contributed by atoms with E-state index in [-0.39, 0.29) is 17.1 Å². The number of hydrogen-bond acceptors (Lipinski definition) is 4. The molecule has 2 amide bonds. The van der Waals surface area contributed by atoms with Crippen LogP contribution in [0.3, 0.4) is 0 Å². The van der Waals surface area contributed by atoms with Gasteiger partial charge in [0.1, 0.15) is 17.9 Å². The van der Waals surface area contributed by atoms with Gasteiger partial charge < -0.3 is 4.90 Å². The van der Waals surface area contributed by atoms with Gasteiger partial charge in [-0.2, -0.15) is 0 Å². The van der Waals surface area contributed by atoms with E-state index in [1.165, 1.54) is 13.0 Å². The Morgan fingerprint density at radius 1 is 1.19 bits per heavy atom. The second-order valence-corrected chi connectivity index (χ2v) is 6.67. The molecular weight excluding hydrogens is 360 g/mol. The number of carbonyl (C=O) groups is 2. The van der Waals surface area contributed by atoms with Gasteiger partial charge in [-0.15, -0.1) is 0 Å². The number of benzene rings is 1. The highest BCUT2D eigenvalue weighted by Gasteiger charge is 2.26. The summed E-state index contributed by atoms with van der Waals surface area (Å²) < 4.78 is 26.4. The molecule has 1 aliphatic rings. The fraction of sp³-hybridized carbons (Fsp3) is 0.389. The zero-order valence-corrected chi connectivity index (χ0v) is 15.5. The summed E-state index contributed by atoms with van der Waals surface area (Å²) in [5.74, 6) is -1.10. The molecule has 1 heterocycles. The quantitative estimate of drug-likeness (QED) is 0.433. The number of alkyl halides is 2. The second kappa shape index (κ2) is 8.35. The normalized spacial score (nSPS) is 16.6. The number of halogens is 2. The highest BCUT2D eigenvalue weighted by atomic mass is 32.1. The van der Waals surface area contributed by atoms with Gasteiger partial charge in [0.15, 0.2) is 5.11 Å². The lowest BCUT2D eigenvalue weighted by Crippen LogP contribution is -2.51. The Kier molecular flexibility index (Phi) is 6.42. The summed E-state index contributed by atoms with van der Waals surface area (Å²) in [6.45, 7) is 3.20. The van der Waals surface area contributed by atoms with Crippen LogP contribution in [0.25, 0.3) is 6.08 Å². The summed E-state index contributed by atoms with van der Waals surface area (Å²) in [6, 6.07) is 7.12. The van der Waals surface area contributed by atoms with Gasteiger partial charge in [0.25, 0.3) is 11.8 Å². The smallest absolute Gasteiger partial charge is 0.263 e. The zero-order valence-electron chi connectivity index (χ0n) is 14.6. The maximum Gasteiger partial charge on any atom is 0.263 e. The number of anilines is 1. The molecule has 140 valence electrons. The van der Waals surface area contributed by atoms with Crippen LogP contribution >= 0.6 is 12.2 Å². The highest BCUT2D eigenvalue weighted by Crippen LogP contribution is 2.21. The molecule has 1 unspecified atom stereocenters. The first-order valence-electron chi connectivity index (χ1n) is 8.24. The number of rotatable bonds is 7. The van der Waals surface area contributed by atoms with E-state index in [0.717, 1.165) is 5.69 Å². The van der Waals surface area contributed by atoms with E-state index in [0.29, 0.717) is 18.7 Å². The van der Waals surface area contributed by atoms with E-state index in [1.54, 1.807) is 12.1 Å². The van der Waals surface area contributed by atoms with E-state index in [2.05, 4.69) is 10.6 Å². The minimum absolute atomic E-state index is 0.0146. The Labute approximate surface area is 156 Å². The SMILES string of the molecule is CCN(CCC(C)(F)CF)c1ccc(C=C2C(=O)NC(=S)NC2=O)cc1. The third kappa shape index (κ3) is 5.08. The molecule has 0 bridgehead atoms. The van der Waals surface area contributed by atoms with Crippen LogP contribution in [-0.2, 0) is 9.59 Å². The van der Waals surface area contributed by atoms with Crippen molar-refractivity contribution in [2.75, 3.05) is 24.7 Å². The van der Waals surface area contributed by atoms with E-state index < -0.39 is 24.2 Å². The van der Waals surface area contributed by atoms with Crippen LogP contribution in [-0.4, -0.2) is 42.4 Å². The Hall–Kier alpha value is -2.35. The van der Waals surface area contributed by atoms with E-state index in [1.807, 2.05) is 24.0 Å². The van der Waals surface area contributed by atoms with Gasteiger partial charge in [-0.05, 0) is 49.8 Å². The summed E-state index contributed by atoms with van der Waals surface area (Å²) in [5.41, 5.74) is -0.352. The lowest BCUT2D eigenvalue weighted by Gasteiger charge is -2.26. The van der Waals surface area contributed by atoms with E-state index in [4.69, 9.17) is 12.2 Å². The van der Waals surface area contributed by atoms with Crippen LogP contribution in [0.2, 0.25) is 0 Å². The van der Waals surface area contributed by atoms with Crippen molar-refractivity contribution >= 4 is 40.9 Å². The first-order valence-corrected chi connectivity index (χ1v) is 8.65. The van der Waals surface area contributed by atoms with Crippen molar-refractivity contribution in [3.05, 3.63) is 35.4 Å². The predicted molar refractivity (Wildman–Crippen MR) is 101 cm³/mol. The van der Waals surface area contributed by atoms with Crippen molar-refractivity contribution in [3.8, 4) is 0 Å². The number of carbonyl (C=O) groups excluding carboxylic acids is 2. The Bertz CT molecular complexity index is 710. The van der Waals surface area contributed by atoms with Crippen molar-refractivity contribution in [3.63, 3.8) is 0 Å². The summed E-state index contributed by atoms with van der Waals surface area (Å²) >= 11 is 4.75. The van der Waals surface area contributed by atoms with Crippen LogP contribution in [0.1, 0.15) is 25.8 Å². The van der Waals surface area contributed by atoms with Crippen LogP contribution in [0, 0.1) is 0 Å². The van der Waals surface area contributed by atoms with Crippen LogP contribution < -0.4 is 15.5 Å². The van der Waals surface area contributed by atoms with E-state index >= 15 is 0 Å². The van der Waals surface area contributed by atoms with Gasteiger partial charge in [0, 0.05) is 25.2 Å². The number of amides is 2. The fourth-order valence-corrected chi connectivity index (χ4v) is 2.64. The summed E-state index contributed by atoms with van der Waals surface area (Å²) in [6.07, 6.45) is 1.55. The van der Waals surface area contributed by atoms with Gasteiger partial charge in [0.2, 0.25) is 0 Å². The van der Waals surface area contributed by atoms with Gasteiger partial charge in [-0.1, -0.05) is 12.1 Å². The highest BCUT2D eigenvalue weighted by molar-refractivity contribution is 7.80. The number of hydrogen-bond donors (Lipinski definition) is 2. The molecule has 26 heavy (non-hydrogen) atoms. The van der Waals surface area contributed by atoms with Crippen molar-refractivity contribution in [2.45, 2.75) is 25.9 Å². The summed E-state index contributed by atoms with van der Waals surface area (Å²) in [5, 5.41) is 4.73. The van der Waals surface area contributed by atoms with Gasteiger partial charge in [-0.3, -0.25) is 20.2 Å². The standard InChI is InChI=1S/C18H21F2N3O2S/c1-3-23(9-8-18(2,20)11-19)13-6-4-12(5-7-13)10-14-15(24)21-17(26)22-16(14)25/h4-7,10H,3,8-9,11H2,1-2H3,(H2,21,22,24,25,26). The molecule has 1 aromatic rings. The third-order valence-corrected chi connectivity index (χ3v) is 4.28. The van der Waals surface area contributed by atoms with Crippen LogP contribution in [0.5, 0.6) is 0 Å². The minimum atomic E-state index is -1.83. The monoisotopic (exact) mass is 381 g/mol. The van der Waals surface area contributed by atoms with E-state index in [9.17, 15) is 18.4 Å².